The number of nitriles is 1. The molecule has 0 heterocycles. The van der Waals surface area contributed by atoms with Crippen LogP contribution in [0.5, 0.6) is 0 Å². The molecule has 27 heavy (non-hydrogen) atoms. The first-order valence-electron chi connectivity index (χ1n) is 10.2. The van der Waals surface area contributed by atoms with Crippen molar-refractivity contribution in [3.8, 4) is 6.19 Å². The molecule has 0 N–H and O–H groups in total. The zero-order chi connectivity index (χ0) is 20.3. The third kappa shape index (κ3) is 15.9. The summed E-state index contributed by atoms with van der Waals surface area (Å²) in [4.78, 5) is 24.1. The Morgan fingerprint density at radius 1 is 1.11 bits per heavy atom. The van der Waals surface area contributed by atoms with Crippen LogP contribution >= 0.6 is 0 Å². The van der Waals surface area contributed by atoms with Gasteiger partial charge in [-0.1, -0.05) is 38.7 Å². The Morgan fingerprint density at radius 3 is 2.48 bits per heavy atom. The molecule has 0 saturated heterocycles. The summed E-state index contributed by atoms with van der Waals surface area (Å²) < 4.78 is 10.2. The van der Waals surface area contributed by atoms with E-state index >= 15 is 0 Å². The van der Waals surface area contributed by atoms with Crippen LogP contribution in [0.2, 0.25) is 0 Å². The number of rotatable bonds is 16. The quantitative estimate of drug-likeness (QED) is 0.130. The van der Waals surface area contributed by atoms with Crippen molar-refractivity contribution in [1.29, 1.82) is 5.26 Å². The molecule has 0 aromatic rings. The average Bonchev–Trinajstić information content (AvgIpc) is 2.62. The van der Waals surface area contributed by atoms with Crippen molar-refractivity contribution >= 4 is 11.9 Å². The summed E-state index contributed by atoms with van der Waals surface area (Å²) in [7, 11) is 0. The number of ether oxygens (including phenoxy) is 2. The maximum Gasteiger partial charge on any atom is 0.305 e. The van der Waals surface area contributed by atoms with Crippen LogP contribution in [0.4, 0.5) is 0 Å². The van der Waals surface area contributed by atoms with Gasteiger partial charge in [0.2, 0.25) is 0 Å². The number of hydrogen-bond acceptors (Lipinski definition) is 6. The molecule has 0 amide bonds. The summed E-state index contributed by atoms with van der Waals surface area (Å²) in [5, 5.41) is 9.24. The van der Waals surface area contributed by atoms with E-state index in [0.717, 1.165) is 51.4 Å². The average molecular weight is 381 g/mol. The lowest BCUT2D eigenvalue weighted by molar-refractivity contribution is -0.145. The van der Waals surface area contributed by atoms with Crippen LogP contribution in [0.15, 0.2) is 12.2 Å². The highest BCUT2D eigenvalue weighted by atomic mass is 16.5. The molecular formula is C21H36N2O4. The molecule has 0 rings (SSSR count). The number of unbranched alkanes of at least 4 members (excludes halogenated alkanes) is 5. The molecule has 0 radical (unpaired) electrons. The van der Waals surface area contributed by atoms with Crippen molar-refractivity contribution in [1.82, 2.24) is 4.90 Å². The summed E-state index contributed by atoms with van der Waals surface area (Å²) in [6.45, 7) is 7.00. The SMILES string of the molecule is CCCCCC(/C=C/CN(C#N)CCCCCCC(=O)OCC)OC(C)=O. The lowest BCUT2D eigenvalue weighted by Crippen LogP contribution is -2.20. The Morgan fingerprint density at radius 2 is 1.85 bits per heavy atom. The number of carbonyl (C=O) groups is 2. The molecule has 6 nitrogen and oxygen atoms in total. The van der Waals surface area contributed by atoms with Crippen molar-refractivity contribution in [3.05, 3.63) is 12.2 Å². The number of hydrogen-bond donors (Lipinski definition) is 0. The monoisotopic (exact) mass is 380 g/mol. The first-order valence-corrected chi connectivity index (χ1v) is 10.2. The summed E-state index contributed by atoms with van der Waals surface area (Å²) >= 11 is 0. The molecule has 1 unspecified atom stereocenters. The van der Waals surface area contributed by atoms with Gasteiger partial charge < -0.3 is 14.4 Å². The fourth-order valence-corrected chi connectivity index (χ4v) is 2.68. The topological polar surface area (TPSA) is 79.6 Å². The van der Waals surface area contributed by atoms with Crippen molar-refractivity contribution in [2.24, 2.45) is 0 Å². The highest BCUT2D eigenvalue weighted by Gasteiger charge is 2.08. The minimum Gasteiger partial charge on any atom is -0.466 e. The van der Waals surface area contributed by atoms with Gasteiger partial charge in [-0.3, -0.25) is 9.59 Å². The molecule has 1 atom stereocenters. The summed E-state index contributed by atoms with van der Waals surface area (Å²) in [5.41, 5.74) is 0. The molecule has 0 aromatic carbocycles. The Labute approximate surface area is 164 Å². The predicted octanol–water partition coefficient (Wildman–Crippen LogP) is 4.35. The standard InChI is InChI=1S/C21H36N2O4/c1-4-6-9-13-20(27-19(3)24)14-12-17-23(18-22)16-11-8-7-10-15-21(25)26-5-2/h12,14,20H,4-11,13,15-17H2,1-3H3/b14-12+. The Hall–Kier alpha value is -2.03. The van der Waals surface area contributed by atoms with Gasteiger partial charge >= 0.3 is 11.9 Å². The number of carbonyl (C=O) groups excluding carboxylic acids is 2. The maximum atomic E-state index is 11.2. The van der Waals surface area contributed by atoms with E-state index in [1.54, 1.807) is 4.90 Å². The van der Waals surface area contributed by atoms with E-state index in [9.17, 15) is 14.9 Å². The van der Waals surface area contributed by atoms with E-state index in [2.05, 4.69) is 13.1 Å². The first kappa shape index (κ1) is 25.0. The second kappa shape index (κ2) is 17.4. The van der Waals surface area contributed by atoms with Gasteiger partial charge in [0, 0.05) is 26.4 Å². The van der Waals surface area contributed by atoms with Crippen molar-refractivity contribution in [2.45, 2.75) is 84.7 Å². The van der Waals surface area contributed by atoms with E-state index in [0.29, 0.717) is 26.1 Å². The largest absolute Gasteiger partial charge is 0.466 e. The van der Waals surface area contributed by atoms with Crippen LogP contribution in [-0.2, 0) is 19.1 Å². The van der Waals surface area contributed by atoms with Gasteiger partial charge in [0.05, 0.1) is 6.61 Å². The lowest BCUT2D eigenvalue weighted by atomic mass is 10.1. The van der Waals surface area contributed by atoms with E-state index in [4.69, 9.17) is 9.47 Å². The van der Waals surface area contributed by atoms with Crippen LogP contribution in [0, 0.1) is 11.5 Å². The van der Waals surface area contributed by atoms with Crippen LogP contribution in [0.1, 0.15) is 78.6 Å². The van der Waals surface area contributed by atoms with E-state index < -0.39 is 0 Å². The lowest BCUT2D eigenvalue weighted by Gasteiger charge is -2.15. The molecule has 0 aliphatic heterocycles. The van der Waals surface area contributed by atoms with Crippen LogP contribution in [-0.4, -0.2) is 42.6 Å². The second-order valence-electron chi connectivity index (χ2n) is 6.59. The third-order valence-electron chi connectivity index (χ3n) is 4.09. The summed E-state index contributed by atoms with van der Waals surface area (Å²) in [5.74, 6) is -0.413. The maximum absolute atomic E-state index is 11.2. The molecule has 0 saturated carbocycles. The fraction of sp³-hybridized carbons (Fsp3) is 0.762. The highest BCUT2D eigenvalue weighted by Crippen LogP contribution is 2.09. The van der Waals surface area contributed by atoms with Gasteiger partial charge in [0.25, 0.3) is 0 Å². The molecule has 154 valence electrons. The molecular weight excluding hydrogens is 344 g/mol. The van der Waals surface area contributed by atoms with Gasteiger partial charge in [-0.15, -0.1) is 0 Å². The van der Waals surface area contributed by atoms with Crippen molar-refractivity contribution < 1.29 is 19.1 Å². The van der Waals surface area contributed by atoms with E-state index in [1.807, 2.05) is 19.1 Å². The fourth-order valence-electron chi connectivity index (χ4n) is 2.68. The second-order valence-corrected chi connectivity index (χ2v) is 6.59. The minimum atomic E-state index is -0.277. The van der Waals surface area contributed by atoms with Gasteiger partial charge in [-0.05, 0) is 38.7 Å². The van der Waals surface area contributed by atoms with Crippen molar-refractivity contribution in [2.75, 3.05) is 19.7 Å². The molecule has 6 heteroatoms. The molecule has 0 aliphatic rings. The zero-order valence-electron chi connectivity index (χ0n) is 17.2. The predicted molar refractivity (Wildman–Crippen MR) is 106 cm³/mol. The molecule has 0 bridgehead atoms. The van der Waals surface area contributed by atoms with Gasteiger partial charge in [0.1, 0.15) is 6.10 Å². The zero-order valence-corrected chi connectivity index (χ0v) is 17.2. The molecule has 0 fully saturated rings. The van der Waals surface area contributed by atoms with Crippen molar-refractivity contribution in [3.63, 3.8) is 0 Å². The highest BCUT2D eigenvalue weighted by molar-refractivity contribution is 5.69. The number of esters is 2. The van der Waals surface area contributed by atoms with Gasteiger partial charge in [-0.2, -0.15) is 5.26 Å². The van der Waals surface area contributed by atoms with Gasteiger partial charge in [0.15, 0.2) is 6.19 Å². The smallest absolute Gasteiger partial charge is 0.305 e. The Balaban J connectivity index is 4.04. The van der Waals surface area contributed by atoms with Crippen LogP contribution < -0.4 is 0 Å². The summed E-state index contributed by atoms with van der Waals surface area (Å²) in [6.07, 6.45) is 14.0. The molecule has 0 spiro atoms. The van der Waals surface area contributed by atoms with Gasteiger partial charge in [-0.25, -0.2) is 0 Å². The minimum absolute atomic E-state index is 0.137. The Bertz CT molecular complexity index is 471. The third-order valence-corrected chi connectivity index (χ3v) is 4.09. The first-order chi connectivity index (χ1) is 13.0. The van der Waals surface area contributed by atoms with E-state index in [-0.39, 0.29) is 18.0 Å². The normalized spacial score (nSPS) is 11.8. The Kier molecular flexibility index (Phi) is 16.1. The van der Waals surface area contributed by atoms with E-state index in [1.165, 1.54) is 6.92 Å². The van der Waals surface area contributed by atoms with Crippen LogP contribution in [0.3, 0.4) is 0 Å². The molecule has 0 aliphatic carbocycles. The molecule has 0 aromatic heterocycles. The summed E-state index contributed by atoms with van der Waals surface area (Å²) in [6, 6.07) is 0. The van der Waals surface area contributed by atoms with Crippen LogP contribution in [0.25, 0.3) is 0 Å². The number of nitrogens with zero attached hydrogens (tertiary/aromatic N) is 2.